The van der Waals surface area contributed by atoms with Gasteiger partial charge in [-0.25, -0.2) is 0 Å². The zero-order chi connectivity index (χ0) is 8.69. The molecule has 0 rings (SSSR count). The lowest BCUT2D eigenvalue weighted by molar-refractivity contribution is -0.112. The molecule has 0 saturated heterocycles. The van der Waals surface area contributed by atoms with Gasteiger partial charge >= 0.3 is 0 Å². The molecule has 2 heteroatoms. The van der Waals surface area contributed by atoms with Crippen molar-refractivity contribution in [2.24, 2.45) is 0 Å². The summed E-state index contributed by atoms with van der Waals surface area (Å²) in [4.78, 5) is 11.1. The highest BCUT2D eigenvalue weighted by Gasteiger charge is 2.01. The van der Waals surface area contributed by atoms with Gasteiger partial charge in [0.2, 0.25) is 0 Å². The van der Waals surface area contributed by atoms with Crippen molar-refractivity contribution >= 4 is 21.7 Å². The van der Waals surface area contributed by atoms with Crippen molar-refractivity contribution in [3.8, 4) is 0 Å². The summed E-state index contributed by atoms with van der Waals surface area (Å²) in [6.07, 6.45) is 6.90. The third kappa shape index (κ3) is 3.94. The molecule has 0 unspecified atom stereocenters. The number of allylic oxidation sites excluding steroid dienone is 5. The number of carbonyl (C=O) groups excluding carboxylic acids is 1. The molecule has 0 aliphatic rings. The number of halogens is 1. The largest absolute Gasteiger partial charge is 0.293 e. The van der Waals surface area contributed by atoms with Gasteiger partial charge < -0.3 is 0 Å². The van der Waals surface area contributed by atoms with Crippen molar-refractivity contribution in [1.82, 2.24) is 0 Å². The third-order valence-electron chi connectivity index (χ3n) is 1.09. The number of hydrogen-bond acceptors (Lipinski definition) is 1. The Morgan fingerprint density at radius 3 is 2.64 bits per heavy atom. The molecule has 0 aromatic heterocycles. The van der Waals surface area contributed by atoms with Crippen molar-refractivity contribution < 1.29 is 4.79 Å². The molecule has 0 aliphatic carbocycles. The fourth-order valence-electron chi connectivity index (χ4n) is 0.625. The minimum absolute atomic E-state index is 0.0722. The Balaban J connectivity index is 4.46. The Bertz CT molecular complexity index is 202. The van der Waals surface area contributed by atoms with E-state index in [1.807, 2.05) is 13.0 Å². The summed E-state index contributed by atoms with van der Waals surface area (Å²) in [7, 11) is 0. The van der Waals surface area contributed by atoms with Crippen molar-refractivity contribution in [1.29, 1.82) is 0 Å². The first kappa shape index (κ1) is 10.4. The molecule has 0 amide bonds. The van der Waals surface area contributed by atoms with E-state index >= 15 is 0 Å². The maximum atomic E-state index is 11.1. The molecule has 11 heavy (non-hydrogen) atoms. The molecule has 60 valence electrons. The fraction of sp³-hybridized carbons (Fsp3) is 0.222. The summed E-state index contributed by atoms with van der Waals surface area (Å²) < 4.78 is 0. The van der Waals surface area contributed by atoms with Gasteiger partial charge in [-0.1, -0.05) is 46.8 Å². The van der Waals surface area contributed by atoms with E-state index in [4.69, 9.17) is 0 Å². The smallest absolute Gasteiger partial charge is 0.173 e. The van der Waals surface area contributed by atoms with Gasteiger partial charge in [0.1, 0.15) is 0 Å². The Kier molecular flexibility index (Phi) is 5.75. The molecule has 0 aromatic rings. The average Bonchev–Trinajstić information content (AvgIpc) is 2.03. The van der Waals surface area contributed by atoms with Gasteiger partial charge in [-0.05, 0) is 6.92 Å². The molecule has 0 saturated carbocycles. The zero-order valence-electron chi connectivity index (χ0n) is 6.51. The molecule has 0 aromatic carbocycles. The van der Waals surface area contributed by atoms with E-state index in [9.17, 15) is 4.79 Å². The molecule has 0 aliphatic heterocycles. The lowest BCUT2D eigenvalue weighted by Gasteiger charge is -1.94. The second kappa shape index (κ2) is 6.10. The van der Waals surface area contributed by atoms with E-state index in [0.717, 1.165) is 0 Å². The number of ketones is 1. The van der Waals surface area contributed by atoms with Crippen LogP contribution in [0.1, 0.15) is 6.92 Å². The first-order valence-corrected chi connectivity index (χ1v) is 4.43. The van der Waals surface area contributed by atoms with Crippen LogP contribution in [0.2, 0.25) is 0 Å². The molecule has 0 N–H and O–H groups in total. The number of rotatable bonds is 4. The van der Waals surface area contributed by atoms with Crippen LogP contribution < -0.4 is 0 Å². The van der Waals surface area contributed by atoms with Crippen LogP contribution in [0.3, 0.4) is 0 Å². The minimum atomic E-state index is 0.0722. The van der Waals surface area contributed by atoms with Crippen LogP contribution >= 0.6 is 15.9 Å². The first-order valence-electron chi connectivity index (χ1n) is 3.30. The normalized spacial score (nSPS) is 12.0. The molecular weight excluding hydrogens is 204 g/mol. The van der Waals surface area contributed by atoms with E-state index < -0.39 is 0 Å². The monoisotopic (exact) mass is 214 g/mol. The van der Waals surface area contributed by atoms with Gasteiger partial charge in [0.05, 0.1) is 5.33 Å². The summed E-state index contributed by atoms with van der Waals surface area (Å²) in [6, 6.07) is 0. The maximum Gasteiger partial charge on any atom is 0.173 e. The van der Waals surface area contributed by atoms with E-state index in [-0.39, 0.29) is 5.78 Å². The number of alkyl halides is 1. The molecule has 1 nitrogen and oxygen atoms in total. The number of Topliss-reactive ketones (excluding diaryl/α,β-unsaturated/α-hetero) is 1. The van der Waals surface area contributed by atoms with Crippen LogP contribution in [0.4, 0.5) is 0 Å². The second-order valence-electron chi connectivity index (χ2n) is 1.91. The first-order chi connectivity index (χ1) is 5.26. The van der Waals surface area contributed by atoms with Gasteiger partial charge in [0.15, 0.2) is 5.78 Å². The highest BCUT2D eigenvalue weighted by atomic mass is 79.9. The SMILES string of the molecule is C=C/C=C(\C=C/C)C(=O)CBr. The van der Waals surface area contributed by atoms with Crippen LogP contribution in [0.5, 0.6) is 0 Å². The summed E-state index contributed by atoms with van der Waals surface area (Å²) in [5.74, 6) is 0.0722. The van der Waals surface area contributed by atoms with Crippen LogP contribution in [0.15, 0.2) is 36.5 Å². The highest BCUT2D eigenvalue weighted by molar-refractivity contribution is 9.09. The van der Waals surface area contributed by atoms with Crippen molar-refractivity contribution in [2.75, 3.05) is 5.33 Å². The topological polar surface area (TPSA) is 17.1 Å². The quantitative estimate of drug-likeness (QED) is 0.400. The van der Waals surface area contributed by atoms with Crippen molar-refractivity contribution in [2.45, 2.75) is 6.92 Å². The molecule has 0 heterocycles. The summed E-state index contributed by atoms with van der Waals surface area (Å²) in [5.41, 5.74) is 0.680. The summed E-state index contributed by atoms with van der Waals surface area (Å²) >= 11 is 3.10. The van der Waals surface area contributed by atoms with E-state index in [0.29, 0.717) is 10.9 Å². The minimum Gasteiger partial charge on any atom is -0.293 e. The van der Waals surface area contributed by atoms with Gasteiger partial charge in [0.25, 0.3) is 0 Å². The Labute approximate surface area is 75.6 Å². The number of hydrogen-bond donors (Lipinski definition) is 0. The molecule has 0 bridgehead atoms. The summed E-state index contributed by atoms with van der Waals surface area (Å²) in [5, 5.41) is 0.358. The van der Waals surface area contributed by atoms with E-state index in [1.54, 1.807) is 18.2 Å². The van der Waals surface area contributed by atoms with E-state index in [1.165, 1.54) is 0 Å². The van der Waals surface area contributed by atoms with Crippen molar-refractivity contribution in [3.05, 3.63) is 36.5 Å². The lowest BCUT2D eigenvalue weighted by atomic mass is 10.1. The standard InChI is InChI=1S/C9H11BrO/c1-3-5-8(6-4-2)9(11)7-10/h3-6H,1,7H2,2H3/b6-4-,8-5+. The Hall–Kier alpha value is -0.630. The average molecular weight is 215 g/mol. The molecule has 0 spiro atoms. The van der Waals surface area contributed by atoms with Crippen molar-refractivity contribution in [3.63, 3.8) is 0 Å². The second-order valence-corrected chi connectivity index (χ2v) is 2.48. The molecule has 0 radical (unpaired) electrons. The van der Waals surface area contributed by atoms with Gasteiger partial charge in [-0.15, -0.1) is 0 Å². The predicted octanol–water partition coefficient (Wildman–Crippen LogP) is 2.64. The highest BCUT2D eigenvalue weighted by Crippen LogP contribution is 2.01. The summed E-state index contributed by atoms with van der Waals surface area (Å²) in [6.45, 7) is 5.40. The van der Waals surface area contributed by atoms with E-state index in [2.05, 4.69) is 22.5 Å². The Morgan fingerprint density at radius 1 is 1.64 bits per heavy atom. The molecule has 0 fully saturated rings. The predicted molar refractivity (Wildman–Crippen MR) is 51.9 cm³/mol. The van der Waals surface area contributed by atoms with Gasteiger partial charge in [-0.3, -0.25) is 4.79 Å². The van der Waals surface area contributed by atoms with Crippen LogP contribution in [-0.2, 0) is 4.79 Å². The zero-order valence-corrected chi connectivity index (χ0v) is 8.10. The molecular formula is C9H11BrO. The maximum absolute atomic E-state index is 11.1. The number of carbonyl (C=O) groups is 1. The van der Waals surface area contributed by atoms with Gasteiger partial charge in [-0.2, -0.15) is 0 Å². The Morgan fingerprint density at radius 2 is 2.27 bits per heavy atom. The van der Waals surface area contributed by atoms with Crippen LogP contribution in [0, 0.1) is 0 Å². The van der Waals surface area contributed by atoms with Crippen LogP contribution in [-0.4, -0.2) is 11.1 Å². The lowest BCUT2D eigenvalue weighted by Crippen LogP contribution is -2.00. The van der Waals surface area contributed by atoms with Gasteiger partial charge in [0, 0.05) is 5.57 Å². The van der Waals surface area contributed by atoms with Crippen LogP contribution in [0.25, 0.3) is 0 Å². The third-order valence-corrected chi connectivity index (χ3v) is 1.60. The fourth-order valence-corrected chi connectivity index (χ4v) is 0.949. The molecule has 0 atom stereocenters.